The van der Waals surface area contributed by atoms with Gasteiger partial charge in [-0.25, -0.2) is 0 Å². The Morgan fingerprint density at radius 1 is 1.24 bits per heavy atom. The summed E-state index contributed by atoms with van der Waals surface area (Å²) in [5.41, 5.74) is 3.51. The Labute approximate surface area is 198 Å². The molecule has 1 saturated heterocycles. The van der Waals surface area contributed by atoms with Crippen molar-refractivity contribution >= 4 is 17.2 Å². The number of thiophene rings is 1. The Morgan fingerprint density at radius 3 is 2.88 bits per heavy atom. The minimum atomic E-state index is -0.0772. The van der Waals surface area contributed by atoms with E-state index in [4.69, 9.17) is 9.47 Å². The number of piperidine rings is 1. The zero-order chi connectivity index (χ0) is 22.6. The number of likely N-dealkylation sites (tertiary alicyclic amines) is 1. The Balaban J connectivity index is 1.22. The fourth-order valence-corrected chi connectivity index (χ4v) is 5.25. The molecule has 2 aliphatic heterocycles. The van der Waals surface area contributed by atoms with Gasteiger partial charge in [0.2, 0.25) is 5.91 Å². The molecule has 7 heteroatoms. The van der Waals surface area contributed by atoms with E-state index in [1.165, 1.54) is 11.1 Å². The molecule has 2 aliphatic rings. The van der Waals surface area contributed by atoms with Gasteiger partial charge in [-0.1, -0.05) is 17.7 Å². The monoisotopic (exact) mass is 463 g/mol. The maximum absolute atomic E-state index is 13.2. The van der Waals surface area contributed by atoms with Crippen LogP contribution in [-0.2, 0) is 11.3 Å². The van der Waals surface area contributed by atoms with Crippen LogP contribution < -0.4 is 9.47 Å². The minimum Gasteiger partial charge on any atom is -0.489 e. The third-order valence-corrected chi connectivity index (χ3v) is 7.01. The van der Waals surface area contributed by atoms with Crippen LogP contribution >= 0.6 is 11.3 Å². The van der Waals surface area contributed by atoms with Crippen LogP contribution in [0.5, 0.6) is 11.5 Å². The number of pyridine rings is 1. The van der Waals surface area contributed by atoms with Gasteiger partial charge in [-0.15, -0.1) is 0 Å². The second-order valence-corrected chi connectivity index (χ2v) is 9.61. The number of rotatable bonds is 5. The van der Waals surface area contributed by atoms with Gasteiger partial charge < -0.3 is 14.4 Å². The topological polar surface area (TPSA) is 54.9 Å². The number of aromatic nitrogens is 1. The van der Waals surface area contributed by atoms with E-state index in [0.717, 1.165) is 43.0 Å². The molecule has 0 spiro atoms. The van der Waals surface area contributed by atoms with Gasteiger partial charge in [0.05, 0.1) is 12.7 Å². The smallest absolute Gasteiger partial charge is 0.236 e. The molecule has 1 atom stereocenters. The lowest BCUT2D eigenvalue weighted by molar-refractivity contribution is -0.134. The van der Waals surface area contributed by atoms with Gasteiger partial charge in [0.15, 0.2) is 0 Å². The molecular formula is C26H29N3O3S. The first-order chi connectivity index (χ1) is 16.1. The number of nitrogens with zero attached hydrogens (tertiary/aromatic N) is 3. The average molecular weight is 464 g/mol. The highest BCUT2D eigenvalue weighted by molar-refractivity contribution is 7.07. The second kappa shape index (κ2) is 9.93. The highest BCUT2D eigenvalue weighted by atomic mass is 32.1. The van der Waals surface area contributed by atoms with Crippen LogP contribution in [-0.4, -0.2) is 53.0 Å². The lowest BCUT2D eigenvalue weighted by Crippen LogP contribution is -2.46. The normalized spacial score (nSPS) is 19.4. The second-order valence-electron chi connectivity index (χ2n) is 8.83. The molecule has 6 nitrogen and oxygen atoms in total. The van der Waals surface area contributed by atoms with E-state index in [1.807, 2.05) is 17.0 Å². The SMILES string of the molecule is Cc1ccc2c(c1)CN(CC(=O)N1CCC(Oc3cccnc3)CC1)C[C@H](c1ccsc1)O2. The zero-order valence-electron chi connectivity index (χ0n) is 18.9. The number of ether oxygens (including phenoxy) is 2. The van der Waals surface area contributed by atoms with Crippen LogP contribution in [0.3, 0.4) is 0 Å². The predicted molar refractivity (Wildman–Crippen MR) is 129 cm³/mol. The van der Waals surface area contributed by atoms with E-state index in [9.17, 15) is 4.79 Å². The molecule has 0 radical (unpaired) electrons. The molecule has 0 bridgehead atoms. The van der Waals surface area contributed by atoms with Gasteiger partial charge in [0.1, 0.15) is 23.7 Å². The van der Waals surface area contributed by atoms with Crippen LogP contribution in [0.1, 0.15) is 35.6 Å². The fraction of sp³-hybridized carbons (Fsp3) is 0.385. The summed E-state index contributed by atoms with van der Waals surface area (Å²) in [6.45, 7) is 5.33. The number of fused-ring (bicyclic) bond motifs is 1. The number of benzene rings is 1. The van der Waals surface area contributed by atoms with Gasteiger partial charge in [0, 0.05) is 56.3 Å². The molecule has 1 aromatic carbocycles. The van der Waals surface area contributed by atoms with Crippen molar-refractivity contribution < 1.29 is 14.3 Å². The molecule has 2 aromatic heterocycles. The maximum Gasteiger partial charge on any atom is 0.236 e. The van der Waals surface area contributed by atoms with E-state index in [0.29, 0.717) is 19.6 Å². The van der Waals surface area contributed by atoms with E-state index >= 15 is 0 Å². The van der Waals surface area contributed by atoms with Crippen molar-refractivity contribution in [2.75, 3.05) is 26.2 Å². The lowest BCUT2D eigenvalue weighted by atomic mass is 10.1. The standard InChI is InChI=1S/C26H29N3O3S/c1-19-4-5-24-21(13-19)15-28(16-25(32-24)20-8-12-33-18-20)17-26(30)29-10-6-22(7-11-29)31-23-3-2-9-27-14-23/h2-5,8-9,12-14,18,22,25H,6-7,10-11,15-17H2,1H3/t25-/m1/s1. The molecule has 0 unspecified atom stereocenters. The number of carbonyl (C=O) groups is 1. The largest absolute Gasteiger partial charge is 0.489 e. The molecule has 0 N–H and O–H groups in total. The Kier molecular flexibility index (Phi) is 6.60. The number of hydrogen-bond acceptors (Lipinski definition) is 6. The Morgan fingerprint density at radius 2 is 2.12 bits per heavy atom. The summed E-state index contributed by atoms with van der Waals surface area (Å²) >= 11 is 1.67. The molecule has 1 amide bonds. The summed E-state index contributed by atoms with van der Waals surface area (Å²) in [5.74, 6) is 1.88. The van der Waals surface area contributed by atoms with Crippen LogP contribution in [0.25, 0.3) is 0 Å². The minimum absolute atomic E-state index is 0.0772. The summed E-state index contributed by atoms with van der Waals surface area (Å²) in [5, 5.41) is 4.21. The lowest BCUT2D eigenvalue weighted by Gasteiger charge is -2.33. The predicted octanol–water partition coefficient (Wildman–Crippen LogP) is 4.46. The molecule has 5 rings (SSSR count). The Hall–Kier alpha value is -2.90. The number of carbonyl (C=O) groups excluding carboxylic acids is 1. The van der Waals surface area contributed by atoms with Crippen molar-refractivity contribution in [2.45, 2.75) is 38.5 Å². The van der Waals surface area contributed by atoms with Gasteiger partial charge in [-0.3, -0.25) is 14.7 Å². The Bertz CT molecular complexity index is 1070. The van der Waals surface area contributed by atoms with Crippen LogP contribution in [0.15, 0.2) is 59.6 Å². The van der Waals surface area contributed by atoms with Crippen molar-refractivity contribution in [3.8, 4) is 11.5 Å². The highest BCUT2D eigenvalue weighted by Crippen LogP contribution is 2.32. The first-order valence-corrected chi connectivity index (χ1v) is 12.4. The van der Waals surface area contributed by atoms with Gasteiger partial charge in [-0.2, -0.15) is 11.3 Å². The van der Waals surface area contributed by atoms with Crippen LogP contribution in [0, 0.1) is 6.92 Å². The summed E-state index contributed by atoms with van der Waals surface area (Å²) in [7, 11) is 0. The molecule has 0 aliphatic carbocycles. The number of hydrogen-bond donors (Lipinski definition) is 0. The van der Waals surface area contributed by atoms with E-state index in [-0.39, 0.29) is 18.1 Å². The van der Waals surface area contributed by atoms with Gasteiger partial charge in [-0.05, 0) is 41.9 Å². The molecule has 3 aromatic rings. The van der Waals surface area contributed by atoms with E-state index < -0.39 is 0 Å². The van der Waals surface area contributed by atoms with E-state index in [1.54, 1.807) is 23.7 Å². The van der Waals surface area contributed by atoms with Crippen LogP contribution in [0.2, 0.25) is 0 Å². The number of aryl methyl sites for hydroxylation is 1. The molecule has 172 valence electrons. The summed E-state index contributed by atoms with van der Waals surface area (Å²) in [4.78, 5) is 21.5. The van der Waals surface area contributed by atoms with Gasteiger partial charge in [0.25, 0.3) is 0 Å². The quantitative estimate of drug-likeness (QED) is 0.559. The summed E-state index contributed by atoms with van der Waals surface area (Å²) in [6, 6.07) is 12.2. The fourth-order valence-electron chi connectivity index (χ4n) is 4.55. The van der Waals surface area contributed by atoms with Crippen molar-refractivity contribution in [3.05, 3.63) is 76.2 Å². The first kappa shape index (κ1) is 21.9. The third-order valence-electron chi connectivity index (χ3n) is 6.31. The van der Waals surface area contributed by atoms with Gasteiger partial charge >= 0.3 is 0 Å². The molecular weight excluding hydrogens is 434 g/mol. The third kappa shape index (κ3) is 5.37. The molecule has 4 heterocycles. The average Bonchev–Trinajstić information content (AvgIpc) is 3.30. The van der Waals surface area contributed by atoms with Crippen molar-refractivity contribution in [1.82, 2.24) is 14.8 Å². The molecule has 33 heavy (non-hydrogen) atoms. The molecule has 0 saturated carbocycles. The van der Waals surface area contributed by atoms with Crippen molar-refractivity contribution in [2.24, 2.45) is 0 Å². The van der Waals surface area contributed by atoms with Crippen molar-refractivity contribution in [1.29, 1.82) is 0 Å². The first-order valence-electron chi connectivity index (χ1n) is 11.5. The van der Waals surface area contributed by atoms with Crippen LogP contribution in [0.4, 0.5) is 0 Å². The molecule has 1 fully saturated rings. The summed E-state index contributed by atoms with van der Waals surface area (Å²) < 4.78 is 12.4. The maximum atomic E-state index is 13.2. The van der Waals surface area contributed by atoms with E-state index in [2.05, 4.69) is 51.8 Å². The summed E-state index contributed by atoms with van der Waals surface area (Å²) in [6.07, 6.45) is 5.20. The zero-order valence-corrected chi connectivity index (χ0v) is 19.7. The highest BCUT2D eigenvalue weighted by Gasteiger charge is 2.29. The van der Waals surface area contributed by atoms with Crippen molar-refractivity contribution in [3.63, 3.8) is 0 Å². The number of amides is 1.